The molecule has 1 aromatic heterocycles. The molecule has 3 aliphatic rings. The van der Waals surface area contributed by atoms with E-state index in [0.29, 0.717) is 11.8 Å². The molecule has 3 aliphatic carbocycles. The lowest BCUT2D eigenvalue weighted by molar-refractivity contribution is 0.573. The van der Waals surface area contributed by atoms with Gasteiger partial charge in [0.1, 0.15) is 11.3 Å². The third kappa shape index (κ3) is 3.36. The van der Waals surface area contributed by atoms with Crippen molar-refractivity contribution in [1.29, 1.82) is 0 Å². The highest BCUT2D eigenvalue weighted by atomic mass is 16.3. The number of nitrogen functional groups attached to an aromatic ring is 1. The highest BCUT2D eigenvalue weighted by Gasteiger charge is 2.29. The van der Waals surface area contributed by atoms with Gasteiger partial charge in [0.2, 0.25) is 0 Å². The highest BCUT2D eigenvalue weighted by Crippen LogP contribution is 2.45. The Bertz CT molecular complexity index is 1400. The number of fused-ring (bicyclic) bond motifs is 4. The van der Waals surface area contributed by atoms with E-state index in [1.807, 2.05) is 18.2 Å². The van der Waals surface area contributed by atoms with E-state index in [2.05, 4.69) is 92.0 Å². The second kappa shape index (κ2) is 7.70. The molecule has 0 spiro atoms. The first kappa shape index (κ1) is 19.9. The van der Waals surface area contributed by atoms with Crippen molar-refractivity contribution in [2.24, 2.45) is 11.8 Å². The summed E-state index contributed by atoms with van der Waals surface area (Å²) in [5.41, 5.74) is 14.1. The molecular formula is C30H28N2O. The number of para-hydroxylation sites is 1. The van der Waals surface area contributed by atoms with Gasteiger partial charge in [0.05, 0.1) is 0 Å². The molecule has 3 nitrogen and oxygen atoms in total. The molecule has 4 atom stereocenters. The highest BCUT2D eigenvalue weighted by molar-refractivity contribution is 5.86. The molecule has 0 bridgehead atoms. The smallest absolute Gasteiger partial charge is 0.135 e. The zero-order valence-corrected chi connectivity index (χ0v) is 19.0. The van der Waals surface area contributed by atoms with Crippen LogP contribution in [0.1, 0.15) is 42.6 Å². The Balaban J connectivity index is 1.35. The molecule has 6 rings (SSSR count). The SMILES string of the molecule is CC1C=CC(Nc2cc(N)cc(C3C=Cc4oc5ccccc5c4C3C)c2)=C2C=CC=CC21. The molecule has 33 heavy (non-hydrogen) atoms. The van der Waals surface area contributed by atoms with Crippen molar-refractivity contribution < 1.29 is 4.42 Å². The molecule has 2 aromatic carbocycles. The van der Waals surface area contributed by atoms with E-state index in [1.165, 1.54) is 22.1 Å². The van der Waals surface area contributed by atoms with Crippen LogP contribution in [-0.2, 0) is 0 Å². The normalized spacial score (nSPS) is 25.4. The second-order valence-corrected chi connectivity index (χ2v) is 9.42. The van der Waals surface area contributed by atoms with Gasteiger partial charge in [0, 0.05) is 39.9 Å². The van der Waals surface area contributed by atoms with Crippen molar-refractivity contribution in [3.05, 3.63) is 113 Å². The summed E-state index contributed by atoms with van der Waals surface area (Å²) in [6, 6.07) is 14.7. The lowest BCUT2D eigenvalue weighted by Crippen LogP contribution is -2.19. The average molecular weight is 433 g/mol. The van der Waals surface area contributed by atoms with Crippen molar-refractivity contribution in [3.63, 3.8) is 0 Å². The lowest BCUT2D eigenvalue weighted by atomic mass is 9.78. The van der Waals surface area contributed by atoms with Crippen LogP contribution in [-0.4, -0.2) is 0 Å². The van der Waals surface area contributed by atoms with Gasteiger partial charge in [0.15, 0.2) is 0 Å². The predicted octanol–water partition coefficient (Wildman–Crippen LogP) is 7.54. The van der Waals surface area contributed by atoms with Crippen LogP contribution >= 0.6 is 0 Å². The summed E-state index contributed by atoms with van der Waals surface area (Å²) in [7, 11) is 0. The van der Waals surface area contributed by atoms with Crippen molar-refractivity contribution >= 4 is 28.4 Å². The van der Waals surface area contributed by atoms with Gasteiger partial charge in [-0.25, -0.2) is 0 Å². The Morgan fingerprint density at radius 3 is 2.67 bits per heavy atom. The maximum atomic E-state index is 6.39. The number of nitrogens with two attached hydrogens (primary N) is 1. The number of anilines is 2. The summed E-state index contributed by atoms with van der Waals surface area (Å²) in [4.78, 5) is 0. The first-order chi connectivity index (χ1) is 16.1. The minimum atomic E-state index is 0.229. The zero-order chi connectivity index (χ0) is 22.5. The minimum absolute atomic E-state index is 0.229. The van der Waals surface area contributed by atoms with E-state index >= 15 is 0 Å². The van der Waals surface area contributed by atoms with Gasteiger partial charge in [-0.1, -0.05) is 68.5 Å². The standard InChI is InChI=1S/C30H28N2O/c1-18-11-13-27(25-8-4-3-7-23(18)25)32-22-16-20(15-21(31)17-22)24-12-14-29-30(19(24)2)26-9-5-6-10-28(26)33-29/h3-19,23-24,32H,31H2,1-2H3. The zero-order valence-electron chi connectivity index (χ0n) is 19.0. The Labute approximate surface area is 194 Å². The molecule has 3 heteroatoms. The number of benzene rings is 2. The van der Waals surface area contributed by atoms with E-state index in [1.54, 1.807) is 0 Å². The van der Waals surface area contributed by atoms with Gasteiger partial charge < -0.3 is 15.5 Å². The van der Waals surface area contributed by atoms with E-state index in [0.717, 1.165) is 28.4 Å². The Hall–Kier alpha value is -3.72. The predicted molar refractivity (Wildman–Crippen MR) is 138 cm³/mol. The Morgan fingerprint density at radius 1 is 0.879 bits per heavy atom. The summed E-state index contributed by atoms with van der Waals surface area (Å²) in [6.07, 6.45) is 17.6. The summed E-state index contributed by atoms with van der Waals surface area (Å²) >= 11 is 0. The van der Waals surface area contributed by atoms with Crippen LogP contribution < -0.4 is 11.1 Å². The quantitative estimate of drug-likeness (QED) is 0.420. The van der Waals surface area contributed by atoms with Crippen molar-refractivity contribution in [2.75, 3.05) is 11.1 Å². The molecule has 0 aliphatic heterocycles. The van der Waals surface area contributed by atoms with Gasteiger partial charge in [-0.2, -0.15) is 0 Å². The molecule has 0 amide bonds. The maximum absolute atomic E-state index is 6.39. The van der Waals surface area contributed by atoms with Gasteiger partial charge in [0.25, 0.3) is 0 Å². The summed E-state index contributed by atoms with van der Waals surface area (Å²) in [5, 5.41) is 4.87. The molecule has 0 saturated heterocycles. The van der Waals surface area contributed by atoms with E-state index in [9.17, 15) is 0 Å². The minimum Gasteiger partial charge on any atom is -0.456 e. The van der Waals surface area contributed by atoms with Crippen LogP contribution in [0.3, 0.4) is 0 Å². The van der Waals surface area contributed by atoms with E-state index in [4.69, 9.17) is 10.2 Å². The lowest BCUT2D eigenvalue weighted by Gasteiger charge is -2.29. The van der Waals surface area contributed by atoms with Crippen LogP contribution in [0.25, 0.3) is 17.0 Å². The number of rotatable bonds is 3. The van der Waals surface area contributed by atoms with Gasteiger partial charge in [-0.3, -0.25) is 0 Å². The molecule has 3 N–H and O–H groups in total. The van der Waals surface area contributed by atoms with Crippen LogP contribution in [0.2, 0.25) is 0 Å². The number of nitrogens with one attached hydrogen (secondary N) is 1. The van der Waals surface area contributed by atoms with Crippen LogP contribution in [0, 0.1) is 11.8 Å². The summed E-state index contributed by atoms with van der Waals surface area (Å²) in [6.45, 7) is 4.55. The fourth-order valence-corrected chi connectivity index (χ4v) is 5.58. The Kier molecular flexibility index (Phi) is 4.65. The molecule has 164 valence electrons. The fraction of sp³-hybridized carbons (Fsp3) is 0.200. The average Bonchev–Trinajstić information content (AvgIpc) is 3.20. The van der Waals surface area contributed by atoms with Crippen LogP contribution in [0.5, 0.6) is 0 Å². The molecule has 3 aromatic rings. The Morgan fingerprint density at radius 2 is 1.76 bits per heavy atom. The molecule has 0 saturated carbocycles. The first-order valence-corrected chi connectivity index (χ1v) is 11.7. The van der Waals surface area contributed by atoms with Crippen molar-refractivity contribution in [3.8, 4) is 0 Å². The summed E-state index contributed by atoms with van der Waals surface area (Å²) < 4.78 is 6.10. The number of furan rings is 1. The van der Waals surface area contributed by atoms with Crippen molar-refractivity contribution in [1.82, 2.24) is 0 Å². The van der Waals surface area contributed by atoms with E-state index < -0.39 is 0 Å². The number of allylic oxidation sites excluding steroid dienone is 8. The molecular weight excluding hydrogens is 404 g/mol. The molecule has 0 radical (unpaired) electrons. The second-order valence-electron chi connectivity index (χ2n) is 9.42. The molecule has 1 heterocycles. The van der Waals surface area contributed by atoms with Gasteiger partial charge >= 0.3 is 0 Å². The van der Waals surface area contributed by atoms with Crippen LogP contribution in [0.4, 0.5) is 11.4 Å². The topological polar surface area (TPSA) is 51.2 Å². The van der Waals surface area contributed by atoms with Crippen molar-refractivity contribution in [2.45, 2.75) is 25.7 Å². The third-order valence-electron chi connectivity index (χ3n) is 7.26. The van der Waals surface area contributed by atoms with Gasteiger partial charge in [-0.05, 0) is 59.4 Å². The van der Waals surface area contributed by atoms with E-state index in [-0.39, 0.29) is 11.8 Å². The largest absolute Gasteiger partial charge is 0.456 e. The monoisotopic (exact) mass is 432 g/mol. The third-order valence-corrected chi connectivity index (χ3v) is 7.26. The molecule has 4 unspecified atom stereocenters. The number of hydrogen-bond donors (Lipinski definition) is 2. The summed E-state index contributed by atoms with van der Waals surface area (Å²) in [5.74, 6) is 2.40. The number of hydrogen-bond acceptors (Lipinski definition) is 3. The van der Waals surface area contributed by atoms with Crippen LogP contribution in [0.15, 0.2) is 101 Å². The molecule has 0 fully saturated rings. The first-order valence-electron chi connectivity index (χ1n) is 11.7. The maximum Gasteiger partial charge on any atom is 0.135 e. The fourth-order valence-electron chi connectivity index (χ4n) is 5.58. The van der Waals surface area contributed by atoms with Gasteiger partial charge in [-0.15, -0.1) is 0 Å².